The molecule has 2 atom stereocenters. The Morgan fingerprint density at radius 1 is 0.889 bits per heavy atom. The van der Waals surface area contributed by atoms with Gasteiger partial charge in [0, 0.05) is 42.9 Å². The van der Waals surface area contributed by atoms with Crippen LogP contribution in [-0.4, -0.2) is 36.8 Å². The maximum atomic E-state index is 12.7. The van der Waals surface area contributed by atoms with Gasteiger partial charge in [0.25, 0.3) is 0 Å². The Bertz CT molecular complexity index is 1380. The lowest BCUT2D eigenvalue weighted by Gasteiger charge is -2.28. The minimum Gasteiger partial charge on any atom is -0.350 e. The summed E-state index contributed by atoms with van der Waals surface area (Å²) in [4.78, 5) is 23.9. The summed E-state index contributed by atoms with van der Waals surface area (Å²) in [7, 11) is 1.98. The molecule has 0 spiro atoms. The molecule has 3 aromatic heterocycles. The first-order valence-electron chi connectivity index (χ1n) is 12.2. The van der Waals surface area contributed by atoms with Crippen molar-refractivity contribution in [3.8, 4) is 0 Å². The van der Waals surface area contributed by atoms with E-state index in [1.165, 1.54) is 6.92 Å². The molecule has 9 heteroatoms. The highest BCUT2D eigenvalue weighted by Crippen LogP contribution is 2.40. The van der Waals surface area contributed by atoms with E-state index in [9.17, 15) is 9.59 Å². The number of carbonyl (C=O) groups is 2. The standard InChI is InChI=1S/C27H29N7O2/c1-17(35)28-25-12-10-22(30-32-25)18-6-5-7-19(14-18)23-11-13-26(33-31-23)29-27(36)15-20-16-34(2)24-9-4-3-8-21(20)24/h3-4,8-13,16,18-19H,5-7,14-15H2,1-2H3,(H,28,32,35)(H,29,33,36)/t18-,19-/m1/s1. The molecule has 9 nitrogen and oxygen atoms in total. The Morgan fingerprint density at radius 3 is 2.14 bits per heavy atom. The molecule has 0 aliphatic heterocycles. The summed E-state index contributed by atoms with van der Waals surface area (Å²) >= 11 is 0. The number of aryl methyl sites for hydroxylation is 1. The van der Waals surface area contributed by atoms with Gasteiger partial charge in [-0.25, -0.2) is 0 Å². The van der Waals surface area contributed by atoms with Crippen molar-refractivity contribution in [2.45, 2.75) is 50.9 Å². The van der Waals surface area contributed by atoms with Crippen LogP contribution in [0.25, 0.3) is 10.9 Å². The highest BCUT2D eigenvalue weighted by atomic mass is 16.2. The molecule has 0 bridgehead atoms. The van der Waals surface area contributed by atoms with Crippen LogP contribution in [-0.2, 0) is 23.1 Å². The zero-order chi connectivity index (χ0) is 25.1. The molecule has 36 heavy (non-hydrogen) atoms. The lowest BCUT2D eigenvalue weighted by molar-refractivity contribution is -0.116. The van der Waals surface area contributed by atoms with Crippen molar-refractivity contribution in [2.75, 3.05) is 10.6 Å². The molecule has 5 rings (SSSR count). The fourth-order valence-electron chi connectivity index (χ4n) is 5.09. The third kappa shape index (κ3) is 5.25. The van der Waals surface area contributed by atoms with Crippen molar-refractivity contribution >= 4 is 34.4 Å². The highest BCUT2D eigenvalue weighted by Gasteiger charge is 2.27. The summed E-state index contributed by atoms with van der Waals surface area (Å²) in [6.07, 6.45) is 6.33. The average Bonchev–Trinajstić information content (AvgIpc) is 3.19. The first-order valence-corrected chi connectivity index (χ1v) is 12.2. The topological polar surface area (TPSA) is 115 Å². The van der Waals surface area contributed by atoms with Gasteiger partial charge in [-0.05, 0) is 55.2 Å². The molecular formula is C27H29N7O2. The number of rotatable bonds is 6. The van der Waals surface area contributed by atoms with Gasteiger partial charge in [0.2, 0.25) is 11.8 Å². The maximum absolute atomic E-state index is 12.7. The predicted molar refractivity (Wildman–Crippen MR) is 138 cm³/mol. The second kappa shape index (κ2) is 10.2. The van der Waals surface area contributed by atoms with Gasteiger partial charge in [0.05, 0.1) is 17.8 Å². The minimum atomic E-state index is -0.165. The lowest BCUT2D eigenvalue weighted by Crippen LogP contribution is -2.18. The Morgan fingerprint density at radius 2 is 1.53 bits per heavy atom. The van der Waals surface area contributed by atoms with E-state index in [2.05, 4.69) is 31.0 Å². The fourth-order valence-corrected chi connectivity index (χ4v) is 5.09. The minimum absolute atomic E-state index is 0.118. The Labute approximate surface area is 209 Å². The van der Waals surface area contributed by atoms with Crippen molar-refractivity contribution in [3.63, 3.8) is 0 Å². The number of aromatic nitrogens is 5. The first kappa shape index (κ1) is 23.6. The number of fused-ring (bicyclic) bond motifs is 1. The molecule has 0 saturated heterocycles. The Hall–Kier alpha value is -4.14. The van der Waals surface area contributed by atoms with Gasteiger partial charge in [-0.3, -0.25) is 9.59 Å². The molecule has 2 N–H and O–H groups in total. The summed E-state index contributed by atoms with van der Waals surface area (Å²) in [6, 6.07) is 15.6. The maximum Gasteiger partial charge on any atom is 0.230 e. The van der Waals surface area contributed by atoms with Crippen LogP contribution < -0.4 is 10.6 Å². The van der Waals surface area contributed by atoms with Crippen LogP contribution in [0.4, 0.5) is 11.6 Å². The van der Waals surface area contributed by atoms with E-state index in [4.69, 9.17) is 0 Å². The van der Waals surface area contributed by atoms with Gasteiger partial charge in [-0.1, -0.05) is 24.6 Å². The summed E-state index contributed by atoms with van der Waals surface area (Å²) in [6.45, 7) is 1.45. The van der Waals surface area contributed by atoms with Gasteiger partial charge < -0.3 is 15.2 Å². The average molecular weight is 484 g/mol. The monoisotopic (exact) mass is 483 g/mol. The first-order chi connectivity index (χ1) is 17.5. The molecular weight excluding hydrogens is 454 g/mol. The summed E-state index contributed by atoms with van der Waals surface area (Å²) < 4.78 is 2.03. The molecule has 4 aromatic rings. The number of para-hydroxylation sites is 1. The van der Waals surface area contributed by atoms with E-state index in [1.54, 1.807) is 6.07 Å². The van der Waals surface area contributed by atoms with E-state index in [1.807, 2.05) is 60.3 Å². The van der Waals surface area contributed by atoms with E-state index in [0.717, 1.165) is 53.5 Å². The van der Waals surface area contributed by atoms with Gasteiger partial charge in [-0.15, -0.1) is 10.2 Å². The van der Waals surface area contributed by atoms with Crippen LogP contribution in [0.1, 0.15) is 61.4 Å². The van der Waals surface area contributed by atoms with E-state index in [-0.39, 0.29) is 30.1 Å². The Balaban J connectivity index is 1.20. The van der Waals surface area contributed by atoms with Crippen molar-refractivity contribution in [2.24, 2.45) is 7.05 Å². The molecule has 1 aliphatic rings. The summed E-state index contributed by atoms with van der Waals surface area (Å²) in [5, 5.41) is 23.8. The van der Waals surface area contributed by atoms with E-state index >= 15 is 0 Å². The molecule has 184 valence electrons. The van der Waals surface area contributed by atoms with Crippen molar-refractivity contribution < 1.29 is 9.59 Å². The number of carbonyl (C=O) groups excluding carboxylic acids is 2. The summed E-state index contributed by atoms with van der Waals surface area (Å²) in [5.74, 6) is 1.19. The third-order valence-electron chi connectivity index (χ3n) is 6.78. The molecule has 1 fully saturated rings. The van der Waals surface area contributed by atoms with Crippen LogP contribution >= 0.6 is 0 Å². The largest absolute Gasteiger partial charge is 0.350 e. The van der Waals surface area contributed by atoms with Crippen molar-refractivity contribution in [1.82, 2.24) is 25.0 Å². The number of nitrogens with zero attached hydrogens (tertiary/aromatic N) is 5. The molecule has 3 heterocycles. The van der Waals surface area contributed by atoms with Crippen molar-refractivity contribution in [3.05, 3.63) is 71.7 Å². The van der Waals surface area contributed by atoms with Crippen LogP contribution in [0.5, 0.6) is 0 Å². The normalized spacial score (nSPS) is 17.6. The van der Waals surface area contributed by atoms with Gasteiger partial charge in [-0.2, -0.15) is 10.2 Å². The molecule has 0 unspecified atom stereocenters. The van der Waals surface area contributed by atoms with E-state index < -0.39 is 0 Å². The van der Waals surface area contributed by atoms with Gasteiger partial charge >= 0.3 is 0 Å². The number of anilines is 2. The highest BCUT2D eigenvalue weighted by molar-refractivity contribution is 5.95. The SMILES string of the molecule is CC(=O)Nc1ccc([C@@H]2CCC[C@@H](c3ccc(NC(=O)Cc4cn(C)c5ccccc45)nn3)C2)nn1. The van der Waals surface area contributed by atoms with Crippen LogP contribution in [0.3, 0.4) is 0 Å². The number of hydrogen-bond acceptors (Lipinski definition) is 6. The number of nitrogens with one attached hydrogen (secondary N) is 2. The zero-order valence-electron chi connectivity index (χ0n) is 20.4. The van der Waals surface area contributed by atoms with Crippen LogP contribution in [0, 0.1) is 0 Å². The number of hydrogen-bond donors (Lipinski definition) is 2. The van der Waals surface area contributed by atoms with Crippen LogP contribution in [0.15, 0.2) is 54.7 Å². The Kier molecular flexibility index (Phi) is 6.71. The quantitative estimate of drug-likeness (QED) is 0.422. The molecule has 1 aromatic carbocycles. The smallest absolute Gasteiger partial charge is 0.230 e. The van der Waals surface area contributed by atoms with Crippen molar-refractivity contribution in [1.29, 1.82) is 0 Å². The van der Waals surface area contributed by atoms with Gasteiger partial charge in [0.1, 0.15) is 0 Å². The number of benzene rings is 1. The lowest BCUT2D eigenvalue weighted by atomic mass is 9.78. The van der Waals surface area contributed by atoms with Crippen LogP contribution in [0.2, 0.25) is 0 Å². The second-order valence-corrected chi connectivity index (χ2v) is 9.44. The van der Waals surface area contributed by atoms with Gasteiger partial charge in [0.15, 0.2) is 11.6 Å². The predicted octanol–water partition coefficient (Wildman–Crippen LogP) is 4.34. The fraction of sp³-hybridized carbons (Fsp3) is 0.333. The molecule has 0 radical (unpaired) electrons. The molecule has 2 amide bonds. The molecule has 1 aliphatic carbocycles. The molecule has 1 saturated carbocycles. The van der Waals surface area contributed by atoms with E-state index in [0.29, 0.717) is 11.6 Å². The summed E-state index contributed by atoms with van der Waals surface area (Å²) in [5.41, 5.74) is 3.94. The second-order valence-electron chi connectivity index (χ2n) is 9.44. The number of amides is 2. The third-order valence-corrected chi connectivity index (χ3v) is 6.78. The zero-order valence-corrected chi connectivity index (χ0v) is 20.4.